The summed E-state index contributed by atoms with van der Waals surface area (Å²) in [4.78, 5) is 70.0. The molecule has 0 spiro atoms. The van der Waals surface area contributed by atoms with Crippen LogP contribution in [0.3, 0.4) is 0 Å². The molecule has 0 saturated carbocycles. The van der Waals surface area contributed by atoms with Crippen molar-refractivity contribution >= 4 is 7.82 Å². The summed E-state index contributed by atoms with van der Waals surface area (Å²) in [5.74, 6) is 0. The van der Waals surface area contributed by atoms with Crippen molar-refractivity contribution < 1.29 is 28.0 Å². The van der Waals surface area contributed by atoms with Crippen LogP contribution in [-0.2, 0) is 23.1 Å². The Morgan fingerprint density at radius 3 is 1.66 bits per heavy atom. The largest absolute Gasteiger partial charge is 0.756 e. The Bertz CT molecular complexity index is 1570. The van der Waals surface area contributed by atoms with Gasteiger partial charge >= 0.3 is 11.4 Å². The number of aryl methyl sites for hydroxylation is 2. The highest BCUT2D eigenvalue weighted by molar-refractivity contribution is 7.45. The number of nitrogens with one attached hydrogen (secondary N) is 2. The molecule has 20 nitrogen and oxygen atoms in total. The fourth-order valence-corrected chi connectivity index (χ4v) is 5.15. The van der Waals surface area contributed by atoms with E-state index in [0.717, 1.165) is 9.13 Å². The number of aromatic amines is 2. The maximum absolute atomic E-state index is 12.5. The normalized spacial score (nSPS) is 27.1. The van der Waals surface area contributed by atoms with Crippen LogP contribution in [0.4, 0.5) is 0 Å². The van der Waals surface area contributed by atoms with Crippen LogP contribution < -0.4 is 27.4 Å². The van der Waals surface area contributed by atoms with Gasteiger partial charge in [-0.25, -0.2) is 9.59 Å². The molecule has 21 heteroatoms. The van der Waals surface area contributed by atoms with E-state index in [2.05, 4.69) is 30.0 Å². The molecule has 0 bridgehead atoms. The summed E-state index contributed by atoms with van der Waals surface area (Å²) in [6, 6.07) is -1.84. The number of H-pyrrole nitrogens is 2. The van der Waals surface area contributed by atoms with Crippen molar-refractivity contribution in [1.29, 1.82) is 0 Å². The van der Waals surface area contributed by atoms with Crippen molar-refractivity contribution in [3.63, 3.8) is 0 Å². The number of azide groups is 2. The third-order valence-electron chi connectivity index (χ3n) is 6.51. The maximum atomic E-state index is 12.5. The number of aromatic nitrogens is 4. The second kappa shape index (κ2) is 12.3. The molecule has 0 radical (unpaired) electrons. The van der Waals surface area contributed by atoms with Crippen LogP contribution in [-0.4, -0.2) is 56.6 Å². The Morgan fingerprint density at radius 2 is 1.29 bits per heavy atom. The zero-order valence-electron chi connectivity index (χ0n) is 21.6. The minimum atomic E-state index is -5.03. The number of hydrogen-bond acceptors (Lipinski definition) is 12. The smallest absolute Gasteiger partial charge is 0.330 e. The van der Waals surface area contributed by atoms with E-state index in [1.54, 1.807) is 0 Å². The van der Waals surface area contributed by atoms with E-state index in [0.29, 0.717) is 0 Å². The minimum Gasteiger partial charge on any atom is -0.756 e. The fraction of sp³-hybridized carbons (Fsp3) is 0.600. The van der Waals surface area contributed by atoms with Gasteiger partial charge < -0.3 is 23.4 Å². The Morgan fingerprint density at radius 1 is 0.902 bits per heavy atom. The van der Waals surface area contributed by atoms with Crippen molar-refractivity contribution in [2.45, 2.75) is 63.4 Å². The first-order valence-electron chi connectivity index (χ1n) is 12.1. The van der Waals surface area contributed by atoms with Crippen LogP contribution in [0.25, 0.3) is 20.9 Å². The Balaban J connectivity index is 1.40. The summed E-state index contributed by atoms with van der Waals surface area (Å²) < 4.78 is 36.0. The SMILES string of the molecule is Cc1cn([C@H]2C[C@H](N=[N+]=[N-])[C@@H](COP(=O)([O-])OC[C@H]3O[C@@H](n4cc(C)c(=O)[nH]c4=O)C[C@@H]3N=[N+]=[N-])O2)c(=O)[nH]c1=O. The average Bonchev–Trinajstić information content (AvgIpc) is 3.50. The first-order chi connectivity index (χ1) is 19.4. The van der Waals surface area contributed by atoms with E-state index >= 15 is 0 Å². The molecule has 0 aromatic carbocycles. The third kappa shape index (κ3) is 6.84. The lowest BCUT2D eigenvalue weighted by Crippen LogP contribution is -2.33. The molecule has 2 aromatic heterocycles. The van der Waals surface area contributed by atoms with Crippen molar-refractivity contribution in [2.75, 3.05) is 13.2 Å². The first kappa shape index (κ1) is 30.0. The van der Waals surface area contributed by atoms with Crippen molar-refractivity contribution in [3.05, 3.63) is 86.1 Å². The van der Waals surface area contributed by atoms with E-state index in [-0.39, 0.29) is 24.0 Å². The molecule has 0 unspecified atom stereocenters. The predicted molar refractivity (Wildman–Crippen MR) is 135 cm³/mol. The van der Waals surface area contributed by atoms with Crippen LogP contribution in [0.5, 0.6) is 0 Å². The number of rotatable bonds is 10. The molecular weight excluding hydrogens is 571 g/mol. The molecule has 0 amide bonds. The summed E-state index contributed by atoms with van der Waals surface area (Å²) >= 11 is 0. The average molecular weight is 595 g/mol. The highest BCUT2D eigenvalue weighted by atomic mass is 31.2. The lowest BCUT2D eigenvalue weighted by atomic mass is 10.1. The van der Waals surface area contributed by atoms with Crippen molar-refractivity contribution in [3.8, 4) is 0 Å². The molecule has 220 valence electrons. The van der Waals surface area contributed by atoms with Gasteiger partial charge in [-0.2, -0.15) is 0 Å². The molecular formula is C20H24N10O10P-. The molecule has 4 rings (SSSR count). The second-order valence-corrected chi connectivity index (χ2v) is 10.7. The molecule has 6 atom stereocenters. The topological polar surface area (TPSA) is 284 Å². The van der Waals surface area contributed by atoms with Gasteiger partial charge in [0, 0.05) is 46.2 Å². The van der Waals surface area contributed by atoms with E-state index in [4.69, 9.17) is 29.6 Å². The van der Waals surface area contributed by atoms with Gasteiger partial charge in [-0.05, 0) is 24.9 Å². The van der Waals surface area contributed by atoms with Gasteiger partial charge in [0.1, 0.15) is 12.5 Å². The molecule has 41 heavy (non-hydrogen) atoms. The number of phosphoric acid groups is 1. The van der Waals surface area contributed by atoms with Gasteiger partial charge in [0.25, 0.3) is 18.9 Å². The molecule has 2 N–H and O–H groups in total. The summed E-state index contributed by atoms with van der Waals surface area (Å²) in [6.45, 7) is 1.67. The minimum absolute atomic E-state index is 0.0117. The van der Waals surface area contributed by atoms with Crippen molar-refractivity contribution in [2.24, 2.45) is 10.2 Å². The van der Waals surface area contributed by atoms with Crippen molar-refractivity contribution in [1.82, 2.24) is 19.1 Å². The number of ether oxygens (including phenoxy) is 2. The molecule has 2 saturated heterocycles. The summed E-state index contributed by atoms with van der Waals surface area (Å²) in [5, 5.41) is 7.17. The van der Waals surface area contributed by atoms with Gasteiger partial charge in [0.15, 0.2) is 0 Å². The molecule has 2 aromatic rings. The molecule has 0 aliphatic carbocycles. The zero-order chi connectivity index (χ0) is 29.9. The summed E-state index contributed by atoms with van der Waals surface area (Å²) in [6.07, 6.45) is -1.66. The van der Waals surface area contributed by atoms with Crippen LogP contribution in [0.2, 0.25) is 0 Å². The Hall–Kier alpha value is -3.99. The van der Waals surface area contributed by atoms with Gasteiger partial charge in [0.2, 0.25) is 0 Å². The maximum Gasteiger partial charge on any atom is 0.330 e. The highest BCUT2D eigenvalue weighted by Crippen LogP contribution is 2.42. The summed E-state index contributed by atoms with van der Waals surface area (Å²) in [5.41, 5.74) is 15.6. The quantitative estimate of drug-likeness (QED) is 0.162. The first-order valence-corrected chi connectivity index (χ1v) is 13.5. The van der Waals surface area contributed by atoms with E-state index < -0.39 is 80.3 Å². The monoisotopic (exact) mass is 595 g/mol. The number of nitrogens with zero attached hydrogens (tertiary/aromatic N) is 8. The Labute approximate surface area is 228 Å². The zero-order valence-corrected chi connectivity index (χ0v) is 22.4. The van der Waals surface area contributed by atoms with Crippen LogP contribution in [0, 0.1) is 13.8 Å². The number of phosphoric ester groups is 1. The van der Waals surface area contributed by atoms with E-state index in [1.165, 1.54) is 26.2 Å². The standard InChI is InChI=1S/C20H25N10O10P/c1-9-5-29(19(33)23-17(9)31)15-3-11(25-27-21)13(39-15)7-37-41(35,36)38-8-14-12(26-28-22)4-16(40-14)30-6-10(2)18(32)24-20(30)34/h5-6,11-16H,3-4,7-8H2,1-2H3,(H,35,36)(H,23,31,33)(H,24,32,34)/p-1/t11-,12-,13+,14+,15+,16+/m0/s1. The molecule has 2 fully saturated rings. The molecule has 4 heterocycles. The van der Waals surface area contributed by atoms with Gasteiger partial charge in [-0.3, -0.25) is 33.3 Å². The van der Waals surface area contributed by atoms with Crippen LogP contribution >= 0.6 is 7.82 Å². The predicted octanol–water partition coefficient (Wildman–Crippen LogP) is 0.138. The highest BCUT2D eigenvalue weighted by Gasteiger charge is 2.39. The molecule has 2 aliphatic heterocycles. The van der Waals surface area contributed by atoms with Gasteiger partial charge in [-0.15, -0.1) is 0 Å². The van der Waals surface area contributed by atoms with E-state index in [9.17, 15) is 28.6 Å². The van der Waals surface area contributed by atoms with E-state index in [1.807, 2.05) is 0 Å². The lowest BCUT2D eigenvalue weighted by Gasteiger charge is -2.27. The molecule has 2 aliphatic rings. The number of hydrogen-bond donors (Lipinski definition) is 2. The fourth-order valence-electron chi connectivity index (χ4n) is 4.41. The van der Waals surface area contributed by atoms with Crippen LogP contribution in [0.1, 0.15) is 36.4 Å². The lowest BCUT2D eigenvalue weighted by molar-refractivity contribution is -0.230. The van der Waals surface area contributed by atoms with Gasteiger partial charge in [0.05, 0.1) is 37.5 Å². The van der Waals surface area contributed by atoms with Gasteiger partial charge in [-0.1, -0.05) is 10.2 Å². The second-order valence-electron chi connectivity index (χ2n) is 9.27. The van der Waals surface area contributed by atoms with Crippen LogP contribution in [0.15, 0.2) is 41.8 Å². The summed E-state index contributed by atoms with van der Waals surface area (Å²) in [7, 11) is -5.03. The third-order valence-corrected chi connectivity index (χ3v) is 7.44. The Kier molecular flexibility index (Phi) is 8.96.